The van der Waals surface area contributed by atoms with Gasteiger partial charge in [0.05, 0.1) is 24.4 Å². The van der Waals surface area contributed by atoms with Gasteiger partial charge in [-0.2, -0.15) is 5.10 Å². The van der Waals surface area contributed by atoms with Gasteiger partial charge in [-0.15, -0.1) is 11.3 Å². The first-order valence-corrected chi connectivity index (χ1v) is 9.38. The van der Waals surface area contributed by atoms with Gasteiger partial charge in [0.25, 0.3) is 5.91 Å². The van der Waals surface area contributed by atoms with Gasteiger partial charge in [-0.1, -0.05) is 29.3 Å². The Bertz CT molecular complexity index is 767. The van der Waals surface area contributed by atoms with Crippen molar-refractivity contribution in [2.45, 2.75) is 12.8 Å². The molecule has 26 heavy (non-hydrogen) atoms. The van der Waals surface area contributed by atoms with Crippen LogP contribution in [0.25, 0.3) is 0 Å². The molecule has 9 heteroatoms. The number of nitrogens with one attached hydrogen (secondary N) is 2. The summed E-state index contributed by atoms with van der Waals surface area (Å²) in [6.45, 7) is 0.191. The summed E-state index contributed by atoms with van der Waals surface area (Å²) in [5.74, 6) is -0.122. The molecule has 0 saturated carbocycles. The number of carbonyl (C=O) groups is 2. The third-order valence-electron chi connectivity index (χ3n) is 3.07. The zero-order chi connectivity index (χ0) is 18.8. The molecule has 0 bridgehead atoms. The summed E-state index contributed by atoms with van der Waals surface area (Å²) < 4.78 is 5.49. The molecule has 0 spiro atoms. The fourth-order valence-electron chi connectivity index (χ4n) is 1.85. The van der Waals surface area contributed by atoms with E-state index >= 15 is 0 Å². The number of hydrogen-bond acceptors (Lipinski definition) is 5. The van der Waals surface area contributed by atoms with Crippen LogP contribution in [0.4, 0.5) is 0 Å². The molecule has 0 saturated heterocycles. The second-order valence-electron chi connectivity index (χ2n) is 5.11. The minimum absolute atomic E-state index is 0.134. The van der Waals surface area contributed by atoms with E-state index in [-0.39, 0.29) is 18.9 Å². The van der Waals surface area contributed by atoms with Crippen LogP contribution in [0.2, 0.25) is 10.0 Å². The van der Waals surface area contributed by atoms with E-state index in [1.54, 1.807) is 24.4 Å². The lowest BCUT2D eigenvalue weighted by Gasteiger charge is -2.08. The molecule has 2 aromatic rings. The first kappa shape index (κ1) is 20.2. The maximum absolute atomic E-state index is 11.7. The van der Waals surface area contributed by atoms with E-state index < -0.39 is 5.91 Å². The molecule has 1 aromatic carbocycles. The molecule has 0 aliphatic rings. The Morgan fingerprint density at radius 2 is 2.08 bits per heavy atom. The molecule has 1 aromatic heterocycles. The van der Waals surface area contributed by atoms with Crippen molar-refractivity contribution in [1.82, 2.24) is 10.7 Å². The zero-order valence-corrected chi connectivity index (χ0v) is 16.0. The van der Waals surface area contributed by atoms with E-state index in [1.165, 1.54) is 11.3 Å². The van der Waals surface area contributed by atoms with Crippen LogP contribution in [0, 0.1) is 0 Å². The summed E-state index contributed by atoms with van der Waals surface area (Å²) in [5.41, 5.74) is 2.35. The number of nitrogens with zero attached hydrogens (tertiary/aromatic N) is 1. The van der Waals surface area contributed by atoms with E-state index in [0.29, 0.717) is 28.8 Å². The van der Waals surface area contributed by atoms with Gasteiger partial charge in [-0.25, -0.2) is 5.43 Å². The fraction of sp³-hybridized carbons (Fsp3) is 0.235. The molecule has 138 valence electrons. The second kappa shape index (κ2) is 10.8. The molecule has 0 atom stereocenters. The van der Waals surface area contributed by atoms with E-state index in [9.17, 15) is 9.59 Å². The summed E-state index contributed by atoms with van der Waals surface area (Å²) in [6, 6.07) is 8.70. The van der Waals surface area contributed by atoms with Crippen molar-refractivity contribution in [2.75, 3.05) is 13.2 Å². The third kappa shape index (κ3) is 7.43. The highest BCUT2D eigenvalue weighted by Crippen LogP contribution is 2.27. The van der Waals surface area contributed by atoms with Gasteiger partial charge in [0, 0.05) is 16.3 Å². The van der Waals surface area contributed by atoms with Gasteiger partial charge in [0.2, 0.25) is 5.91 Å². The van der Waals surface area contributed by atoms with Gasteiger partial charge in [-0.05, 0) is 36.1 Å². The Morgan fingerprint density at radius 3 is 2.81 bits per heavy atom. The smallest absolute Gasteiger partial charge is 0.259 e. The highest BCUT2D eigenvalue weighted by atomic mass is 35.5. The summed E-state index contributed by atoms with van der Waals surface area (Å²) in [5, 5.41) is 9.19. The van der Waals surface area contributed by atoms with Gasteiger partial charge >= 0.3 is 0 Å². The molecule has 6 nitrogen and oxygen atoms in total. The monoisotopic (exact) mass is 413 g/mol. The van der Waals surface area contributed by atoms with Crippen molar-refractivity contribution in [3.63, 3.8) is 0 Å². The predicted octanol–water partition coefficient (Wildman–Crippen LogP) is 3.48. The largest absolute Gasteiger partial charge is 0.492 e. The number of hydrogen-bond donors (Lipinski definition) is 2. The van der Waals surface area contributed by atoms with Crippen LogP contribution < -0.4 is 15.5 Å². The van der Waals surface area contributed by atoms with Gasteiger partial charge in [0.1, 0.15) is 5.75 Å². The Labute approximate surface area is 165 Å². The number of carbonyl (C=O) groups excluding carboxylic acids is 2. The molecule has 2 N–H and O–H groups in total. The van der Waals surface area contributed by atoms with E-state index in [2.05, 4.69) is 15.8 Å². The lowest BCUT2D eigenvalue weighted by atomic mass is 10.3. The number of rotatable bonds is 9. The van der Waals surface area contributed by atoms with Crippen molar-refractivity contribution in [2.24, 2.45) is 5.10 Å². The Morgan fingerprint density at radius 1 is 1.23 bits per heavy atom. The molecule has 0 aliphatic heterocycles. The number of hydrazone groups is 1. The zero-order valence-electron chi connectivity index (χ0n) is 13.7. The molecule has 2 rings (SSSR count). The standard InChI is InChI=1S/C17H17Cl2N3O3S/c18-12-5-6-15(14(19)9-12)25-7-1-4-16(23)20-11-17(24)22-21-10-13-3-2-8-26-13/h2-3,5-6,8-10H,1,4,7,11H2,(H,20,23)(H,22,24)/b21-10-. The average molecular weight is 414 g/mol. The number of ether oxygens (including phenoxy) is 1. The molecule has 0 fully saturated rings. The van der Waals surface area contributed by atoms with Crippen molar-refractivity contribution in [3.8, 4) is 5.75 Å². The minimum atomic E-state index is -0.393. The van der Waals surface area contributed by atoms with Crippen molar-refractivity contribution >= 4 is 52.6 Å². The first-order chi connectivity index (χ1) is 12.5. The summed E-state index contributed by atoms with van der Waals surface area (Å²) >= 11 is 13.3. The number of amides is 2. The van der Waals surface area contributed by atoms with Gasteiger partial charge in [-0.3, -0.25) is 9.59 Å². The Balaban J connectivity index is 1.57. The maximum Gasteiger partial charge on any atom is 0.259 e. The van der Waals surface area contributed by atoms with E-state index in [4.69, 9.17) is 27.9 Å². The van der Waals surface area contributed by atoms with E-state index in [1.807, 2.05) is 17.5 Å². The normalized spacial score (nSPS) is 10.7. The average Bonchev–Trinajstić information content (AvgIpc) is 3.12. The van der Waals surface area contributed by atoms with Crippen LogP contribution in [0.3, 0.4) is 0 Å². The van der Waals surface area contributed by atoms with Gasteiger partial charge < -0.3 is 10.1 Å². The fourth-order valence-corrected chi connectivity index (χ4v) is 2.89. The van der Waals surface area contributed by atoms with Crippen molar-refractivity contribution < 1.29 is 14.3 Å². The van der Waals surface area contributed by atoms with E-state index in [0.717, 1.165) is 4.88 Å². The third-order valence-corrected chi connectivity index (χ3v) is 4.41. The van der Waals surface area contributed by atoms with Crippen LogP contribution in [-0.2, 0) is 9.59 Å². The quantitative estimate of drug-likeness (QED) is 0.375. The van der Waals surface area contributed by atoms with Crippen LogP contribution >= 0.6 is 34.5 Å². The second-order valence-corrected chi connectivity index (χ2v) is 6.93. The van der Waals surface area contributed by atoms with Crippen LogP contribution in [0.1, 0.15) is 17.7 Å². The van der Waals surface area contributed by atoms with Crippen LogP contribution in [0.15, 0.2) is 40.8 Å². The van der Waals surface area contributed by atoms with Gasteiger partial charge in [0.15, 0.2) is 0 Å². The molecule has 1 heterocycles. The Kier molecular flexibility index (Phi) is 8.40. The molecule has 0 aliphatic carbocycles. The molecular weight excluding hydrogens is 397 g/mol. The first-order valence-electron chi connectivity index (χ1n) is 7.74. The predicted molar refractivity (Wildman–Crippen MR) is 104 cm³/mol. The summed E-state index contributed by atoms with van der Waals surface area (Å²) in [7, 11) is 0. The lowest BCUT2D eigenvalue weighted by molar-refractivity contribution is -0.126. The lowest BCUT2D eigenvalue weighted by Crippen LogP contribution is -2.34. The highest BCUT2D eigenvalue weighted by molar-refractivity contribution is 7.11. The minimum Gasteiger partial charge on any atom is -0.492 e. The number of halogens is 2. The molecule has 0 unspecified atom stereocenters. The highest BCUT2D eigenvalue weighted by Gasteiger charge is 2.06. The Hall–Kier alpha value is -2.09. The summed E-state index contributed by atoms with van der Waals surface area (Å²) in [6.07, 6.45) is 2.27. The number of benzene rings is 1. The van der Waals surface area contributed by atoms with Crippen molar-refractivity contribution in [1.29, 1.82) is 0 Å². The molecule has 0 radical (unpaired) electrons. The van der Waals surface area contributed by atoms with Crippen LogP contribution in [-0.4, -0.2) is 31.2 Å². The number of thiophene rings is 1. The molecular formula is C17H17Cl2N3O3S. The SMILES string of the molecule is O=C(CCCOc1ccc(Cl)cc1Cl)NCC(=O)N/N=C\c1cccs1. The topological polar surface area (TPSA) is 79.8 Å². The molecule has 2 amide bonds. The van der Waals surface area contributed by atoms with Crippen molar-refractivity contribution in [3.05, 3.63) is 50.6 Å². The summed E-state index contributed by atoms with van der Waals surface area (Å²) in [4.78, 5) is 24.2. The maximum atomic E-state index is 11.7. The van der Waals surface area contributed by atoms with Crippen LogP contribution in [0.5, 0.6) is 5.75 Å².